The first-order valence-electron chi connectivity index (χ1n) is 7.04. The van der Waals surface area contributed by atoms with Gasteiger partial charge in [0.2, 0.25) is 5.91 Å². The number of hydrogen-bond donors (Lipinski definition) is 2. The van der Waals surface area contributed by atoms with Gasteiger partial charge >= 0.3 is 0 Å². The summed E-state index contributed by atoms with van der Waals surface area (Å²) in [6, 6.07) is 0.428. The maximum atomic E-state index is 12.0. The van der Waals surface area contributed by atoms with Crippen LogP contribution in [-0.2, 0) is 4.79 Å². The molecule has 0 heterocycles. The number of amides is 1. The number of nitrogens with two attached hydrogens (primary N) is 1. The smallest absolute Gasteiger partial charge is 0.221 e. The van der Waals surface area contributed by atoms with E-state index in [0.717, 1.165) is 6.42 Å². The van der Waals surface area contributed by atoms with Crippen LogP contribution in [0.4, 0.5) is 0 Å². The van der Waals surface area contributed by atoms with Crippen LogP contribution in [0.5, 0.6) is 0 Å². The first-order chi connectivity index (χ1) is 7.99. The van der Waals surface area contributed by atoms with E-state index in [0.29, 0.717) is 18.4 Å². The Bertz CT molecular complexity index is 284. The van der Waals surface area contributed by atoms with Gasteiger partial charge in [0, 0.05) is 18.5 Å². The lowest BCUT2D eigenvalue weighted by atomic mass is 9.73. The average Bonchev–Trinajstić information content (AvgIpc) is 3.04. The quantitative estimate of drug-likeness (QED) is 0.789. The molecule has 17 heavy (non-hydrogen) atoms. The van der Waals surface area contributed by atoms with Gasteiger partial charge in [0.1, 0.15) is 0 Å². The lowest BCUT2D eigenvalue weighted by Gasteiger charge is -2.39. The molecule has 2 fully saturated rings. The second-order valence-electron chi connectivity index (χ2n) is 6.56. The second kappa shape index (κ2) is 4.97. The molecular formula is C14H26N2O. The van der Waals surface area contributed by atoms with E-state index in [2.05, 4.69) is 19.2 Å². The molecule has 3 heteroatoms. The van der Waals surface area contributed by atoms with Crippen LogP contribution in [0, 0.1) is 11.3 Å². The third-order valence-electron chi connectivity index (χ3n) is 4.49. The van der Waals surface area contributed by atoms with Gasteiger partial charge in [0.25, 0.3) is 0 Å². The van der Waals surface area contributed by atoms with Gasteiger partial charge in [-0.1, -0.05) is 26.7 Å². The molecule has 0 aliphatic heterocycles. The van der Waals surface area contributed by atoms with E-state index >= 15 is 0 Å². The predicted octanol–water partition coefficient (Wildman–Crippen LogP) is 2.20. The molecule has 0 aromatic carbocycles. The van der Waals surface area contributed by atoms with Crippen molar-refractivity contribution in [3.8, 4) is 0 Å². The Morgan fingerprint density at radius 1 is 1.35 bits per heavy atom. The van der Waals surface area contributed by atoms with E-state index in [1.54, 1.807) is 0 Å². The van der Waals surface area contributed by atoms with Crippen molar-refractivity contribution in [3.63, 3.8) is 0 Å². The summed E-state index contributed by atoms with van der Waals surface area (Å²) < 4.78 is 0. The fourth-order valence-electron chi connectivity index (χ4n) is 2.92. The van der Waals surface area contributed by atoms with Crippen LogP contribution in [0.25, 0.3) is 0 Å². The van der Waals surface area contributed by atoms with Gasteiger partial charge in [-0.2, -0.15) is 0 Å². The summed E-state index contributed by atoms with van der Waals surface area (Å²) in [5.41, 5.74) is 6.24. The van der Waals surface area contributed by atoms with Gasteiger partial charge < -0.3 is 11.1 Å². The molecular weight excluding hydrogens is 212 g/mol. The summed E-state index contributed by atoms with van der Waals surface area (Å²) in [5, 5.41) is 3.20. The zero-order valence-electron chi connectivity index (χ0n) is 11.2. The molecule has 2 unspecified atom stereocenters. The fraction of sp³-hybridized carbons (Fsp3) is 0.929. The van der Waals surface area contributed by atoms with Crippen LogP contribution < -0.4 is 11.1 Å². The van der Waals surface area contributed by atoms with Gasteiger partial charge in [-0.05, 0) is 37.0 Å². The maximum Gasteiger partial charge on any atom is 0.221 e. The number of nitrogens with one attached hydrogen (secondary N) is 1. The van der Waals surface area contributed by atoms with Crippen LogP contribution in [0.3, 0.4) is 0 Å². The Morgan fingerprint density at radius 2 is 2.06 bits per heavy atom. The van der Waals surface area contributed by atoms with E-state index in [-0.39, 0.29) is 17.4 Å². The second-order valence-corrected chi connectivity index (χ2v) is 6.56. The molecule has 3 nitrogen and oxygen atoms in total. The highest BCUT2D eigenvalue weighted by molar-refractivity contribution is 5.77. The van der Waals surface area contributed by atoms with E-state index in [1.807, 2.05) is 0 Å². The number of carbonyl (C=O) groups excluding carboxylic acids is 1. The van der Waals surface area contributed by atoms with Gasteiger partial charge in [0.15, 0.2) is 0 Å². The fourth-order valence-corrected chi connectivity index (χ4v) is 2.92. The Hall–Kier alpha value is -0.570. The first kappa shape index (κ1) is 12.9. The number of carbonyl (C=O) groups is 1. The summed E-state index contributed by atoms with van der Waals surface area (Å²) in [6.07, 6.45) is 7.80. The molecule has 2 aliphatic rings. The van der Waals surface area contributed by atoms with Crippen molar-refractivity contribution >= 4 is 5.91 Å². The van der Waals surface area contributed by atoms with Crippen LogP contribution in [0.1, 0.15) is 58.8 Å². The molecule has 2 saturated carbocycles. The highest BCUT2D eigenvalue weighted by atomic mass is 16.1. The van der Waals surface area contributed by atoms with Gasteiger partial charge in [-0.15, -0.1) is 0 Å². The van der Waals surface area contributed by atoms with E-state index in [9.17, 15) is 4.79 Å². The minimum Gasteiger partial charge on any atom is -0.353 e. The zero-order valence-corrected chi connectivity index (χ0v) is 11.2. The third-order valence-corrected chi connectivity index (χ3v) is 4.49. The van der Waals surface area contributed by atoms with Crippen LogP contribution >= 0.6 is 0 Å². The first-order valence-corrected chi connectivity index (χ1v) is 7.04. The Labute approximate surface area is 105 Å². The van der Waals surface area contributed by atoms with E-state index < -0.39 is 0 Å². The predicted molar refractivity (Wildman–Crippen MR) is 69.5 cm³/mol. The molecule has 2 atom stereocenters. The van der Waals surface area contributed by atoms with Crippen molar-refractivity contribution in [1.82, 2.24) is 5.32 Å². The molecule has 1 amide bonds. The van der Waals surface area contributed by atoms with Crippen molar-refractivity contribution in [2.45, 2.75) is 70.9 Å². The summed E-state index contributed by atoms with van der Waals surface area (Å²) in [4.78, 5) is 12.0. The van der Waals surface area contributed by atoms with Crippen molar-refractivity contribution in [2.75, 3.05) is 0 Å². The molecule has 3 N–H and O–H groups in total. The average molecular weight is 238 g/mol. The van der Waals surface area contributed by atoms with Gasteiger partial charge in [-0.25, -0.2) is 0 Å². The Kier molecular flexibility index (Phi) is 3.76. The summed E-state index contributed by atoms with van der Waals surface area (Å²) >= 11 is 0. The summed E-state index contributed by atoms with van der Waals surface area (Å²) in [7, 11) is 0. The normalized spacial score (nSPS) is 29.7. The zero-order chi connectivity index (χ0) is 12.5. The Morgan fingerprint density at radius 3 is 2.65 bits per heavy atom. The standard InChI is InChI=1S/C14H26N2O/c1-14(2)8-4-3-5-12(14)16-13(17)9-11(15)10-6-7-10/h10-12H,3-9,15H2,1-2H3,(H,16,17). The highest BCUT2D eigenvalue weighted by Gasteiger charge is 2.34. The number of hydrogen-bond acceptors (Lipinski definition) is 2. The molecule has 0 bridgehead atoms. The lowest BCUT2D eigenvalue weighted by molar-refractivity contribution is -0.123. The molecule has 0 aromatic heterocycles. The van der Waals surface area contributed by atoms with Gasteiger partial charge in [0.05, 0.1) is 0 Å². The molecule has 98 valence electrons. The van der Waals surface area contributed by atoms with Crippen LogP contribution in [0.2, 0.25) is 0 Å². The lowest BCUT2D eigenvalue weighted by Crippen LogP contribution is -2.48. The minimum atomic E-state index is 0.0849. The van der Waals surface area contributed by atoms with Crippen molar-refractivity contribution < 1.29 is 4.79 Å². The third kappa shape index (κ3) is 3.44. The highest BCUT2D eigenvalue weighted by Crippen LogP contribution is 2.36. The SMILES string of the molecule is CC1(C)CCCCC1NC(=O)CC(N)C1CC1. The summed E-state index contributed by atoms with van der Waals surface area (Å²) in [5.74, 6) is 0.768. The monoisotopic (exact) mass is 238 g/mol. The molecule has 0 saturated heterocycles. The molecule has 2 aliphatic carbocycles. The minimum absolute atomic E-state index is 0.0849. The van der Waals surface area contributed by atoms with Crippen molar-refractivity contribution in [1.29, 1.82) is 0 Å². The van der Waals surface area contributed by atoms with Crippen LogP contribution in [0.15, 0.2) is 0 Å². The van der Waals surface area contributed by atoms with Crippen molar-refractivity contribution in [2.24, 2.45) is 17.1 Å². The Balaban J connectivity index is 1.80. The topological polar surface area (TPSA) is 55.1 Å². The van der Waals surface area contributed by atoms with E-state index in [1.165, 1.54) is 32.1 Å². The van der Waals surface area contributed by atoms with Gasteiger partial charge in [-0.3, -0.25) is 4.79 Å². The molecule has 0 spiro atoms. The molecule has 0 radical (unpaired) electrons. The van der Waals surface area contributed by atoms with Crippen molar-refractivity contribution in [3.05, 3.63) is 0 Å². The maximum absolute atomic E-state index is 12.0. The van der Waals surface area contributed by atoms with E-state index in [4.69, 9.17) is 5.73 Å². The molecule has 0 aromatic rings. The molecule has 2 rings (SSSR count). The number of rotatable bonds is 4. The van der Waals surface area contributed by atoms with Crippen LogP contribution in [-0.4, -0.2) is 18.0 Å². The largest absolute Gasteiger partial charge is 0.353 e. The summed E-state index contributed by atoms with van der Waals surface area (Å²) in [6.45, 7) is 4.52.